The van der Waals surface area contributed by atoms with Gasteiger partial charge in [0.25, 0.3) is 0 Å². The summed E-state index contributed by atoms with van der Waals surface area (Å²) in [4.78, 5) is 0.0922. The first kappa shape index (κ1) is 18.4. The summed E-state index contributed by atoms with van der Waals surface area (Å²) in [6, 6.07) is 12.3. The fraction of sp³-hybridized carbons (Fsp3) is 0.235. The van der Waals surface area contributed by atoms with Gasteiger partial charge in [-0.2, -0.15) is 0 Å². The molecule has 0 aliphatic rings. The summed E-state index contributed by atoms with van der Waals surface area (Å²) in [5, 5.41) is 12.0. The molecule has 0 spiro atoms. The summed E-state index contributed by atoms with van der Waals surface area (Å²) in [6.07, 6.45) is 0. The lowest BCUT2D eigenvalue weighted by Crippen LogP contribution is -2.31. The minimum atomic E-state index is -3.68. The SMILES string of the molecule is Cc1cccc(NC(=S)N[C@H](C)c2ccc(S(N)(=O)=O)cc2)c1C. The van der Waals surface area contributed by atoms with Crippen molar-refractivity contribution in [1.82, 2.24) is 5.32 Å². The van der Waals surface area contributed by atoms with E-state index >= 15 is 0 Å². The summed E-state index contributed by atoms with van der Waals surface area (Å²) in [6.45, 7) is 6.03. The Labute approximate surface area is 148 Å². The van der Waals surface area contributed by atoms with Gasteiger partial charge in [-0.05, 0) is 67.9 Å². The highest BCUT2D eigenvalue weighted by Crippen LogP contribution is 2.19. The Kier molecular flexibility index (Phi) is 5.58. The third kappa shape index (κ3) is 4.53. The van der Waals surface area contributed by atoms with E-state index in [1.54, 1.807) is 12.1 Å². The van der Waals surface area contributed by atoms with Gasteiger partial charge in [-0.25, -0.2) is 13.6 Å². The number of sulfonamides is 1. The molecule has 2 rings (SSSR count). The number of benzene rings is 2. The lowest BCUT2D eigenvalue weighted by atomic mass is 10.1. The summed E-state index contributed by atoms with van der Waals surface area (Å²) in [5.74, 6) is 0. The molecule has 0 unspecified atom stereocenters. The highest BCUT2D eigenvalue weighted by molar-refractivity contribution is 7.89. The molecule has 0 aliphatic heterocycles. The zero-order valence-electron chi connectivity index (χ0n) is 13.8. The topological polar surface area (TPSA) is 84.2 Å². The molecule has 0 aromatic heterocycles. The van der Waals surface area contributed by atoms with Gasteiger partial charge in [-0.3, -0.25) is 0 Å². The molecule has 128 valence electrons. The van der Waals surface area contributed by atoms with Crippen LogP contribution in [0.15, 0.2) is 47.4 Å². The van der Waals surface area contributed by atoms with E-state index in [1.807, 2.05) is 39.0 Å². The zero-order valence-corrected chi connectivity index (χ0v) is 15.5. The van der Waals surface area contributed by atoms with Crippen molar-refractivity contribution in [3.05, 3.63) is 59.2 Å². The number of nitrogens with two attached hydrogens (primary N) is 1. The Balaban J connectivity index is 2.05. The largest absolute Gasteiger partial charge is 0.356 e. The number of hydrogen-bond acceptors (Lipinski definition) is 3. The maximum atomic E-state index is 11.3. The average Bonchev–Trinajstić information content (AvgIpc) is 2.51. The number of hydrogen-bond donors (Lipinski definition) is 3. The predicted molar refractivity (Wildman–Crippen MR) is 102 cm³/mol. The highest BCUT2D eigenvalue weighted by Gasteiger charge is 2.11. The quantitative estimate of drug-likeness (QED) is 0.727. The van der Waals surface area contributed by atoms with Crippen LogP contribution in [-0.2, 0) is 10.0 Å². The van der Waals surface area contributed by atoms with Crippen molar-refractivity contribution in [1.29, 1.82) is 0 Å². The second kappa shape index (κ2) is 7.29. The first-order chi connectivity index (χ1) is 11.2. The van der Waals surface area contributed by atoms with Gasteiger partial charge in [-0.15, -0.1) is 0 Å². The van der Waals surface area contributed by atoms with Crippen molar-refractivity contribution in [2.24, 2.45) is 5.14 Å². The van der Waals surface area contributed by atoms with Crippen molar-refractivity contribution in [2.45, 2.75) is 31.7 Å². The van der Waals surface area contributed by atoms with E-state index in [-0.39, 0.29) is 10.9 Å². The molecule has 0 heterocycles. The smallest absolute Gasteiger partial charge is 0.238 e. The van der Waals surface area contributed by atoms with E-state index in [0.29, 0.717) is 5.11 Å². The van der Waals surface area contributed by atoms with Gasteiger partial charge < -0.3 is 10.6 Å². The monoisotopic (exact) mass is 363 g/mol. The molecule has 0 saturated heterocycles. The van der Waals surface area contributed by atoms with Gasteiger partial charge in [0.05, 0.1) is 10.9 Å². The van der Waals surface area contributed by atoms with Crippen LogP contribution in [0.3, 0.4) is 0 Å². The molecule has 2 aromatic carbocycles. The molecule has 0 amide bonds. The number of aryl methyl sites for hydroxylation is 1. The zero-order chi connectivity index (χ0) is 17.9. The molecular formula is C17H21N3O2S2. The van der Waals surface area contributed by atoms with Crippen LogP contribution in [0.4, 0.5) is 5.69 Å². The van der Waals surface area contributed by atoms with E-state index in [1.165, 1.54) is 17.7 Å². The van der Waals surface area contributed by atoms with E-state index < -0.39 is 10.0 Å². The van der Waals surface area contributed by atoms with Gasteiger partial charge >= 0.3 is 0 Å². The van der Waals surface area contributed by atoms with Gasteiger partial charge in [0.2, 0.25) is 10.0 Å². The second-order valence-corrected chi connectivity index (χ2v) is 7.65. The lowest BCUT2D eigenvalue weighted by Gasteiger charge is -2.19. The van der Waals surface area contributed by atoms with Crippen LogP contribution in [0.25, 0.3) is 0 Å². The average molecular weight is 364 g/mol. The van der Waals surface area contributed by atoms with Crippen LogP contribution in [0.5, 0.6) is 0 Å². The molecule has 0 fully saturated rings. The van der Waals surface area contributed by atoms with Crippen molar-refractivity contribution in [3.8, 4) is 0 Å². The highest BCUT2D eigenvalue weighted by atomic mass is 32.2. The van der Waals surface area contributed by atoms with Gasteiger partial charge in [0, 0.05) is 5.69 Å². The van der Waals surface area contributed by atoms with Crippen LogP contribution in [-0.4, -0.2) is 13.5 Å². The third-order valence-corrected chi connectivity index (χ3v) is 5.06. The molecule has 0 bridgehead atoms. The van der Waals surface area contributed by atoms with Gasteiger partial charge in [-0.1, -0.05) is 24.3 Å². The summed E-state index contributed by atoms with van der Waals surface area (Å²) in [5.41, 5.74) is 4.21. The normalized spacial score (nSPS) is 12.5. The number of anilines is 1. The number of nitrogens with one attached hydrogen (secondary N) is 2. The molecule has 0 radical (unpaired) electrons. The lowest BCUT2D eigenvalue weighted by molar-refractivity contribution is 0.597. The number of rotatable bonds is 4. The van der Waals surface area contributed by atoms with Gasteiger partial charge in [0.1, 0.15) is 0 Å². The van der Waals surface area contributed by atoms with E-state index in [9.17, 15) is 8.42 Å². The minimum Gasteiger partial charge on any atom is -0.356 e. The standard InChI is InChI=1S/C17H21N3O2S2/c1-11-5-4-6-16(12(11)2)20-17(23)19-13(3)14-7-9-15(10-8-14)24(18,21)22/h4-10,13H,1-3H3,(H2,18,21,22)(H2,19,20,23)/t13-/m1/s1. The van der Waals surface area contributed by atoms with Crippen LogP contribution in [0.1, 0.15) is 29.7 Å². The molecular weight excluding hydrogens is 342 g/mol. The fourth-order valence-electron chi connectivity index (χ4n) is 2.27. The Bertz CT molecular complexity index is 847. The predicted octanol–water partition coefficient (Wildman–Crippen LogP) is 3.00. The van der Waals surface area contributed by atoms with Crippen LogP contribution in [0, 0.1) is 13.8 Å². The van der Waals surface area contributed by atoms with E-state index in [0.717, 1.165) is 16.8 Å². The molecule has 4 N–H and O–H groups in total. The first-order valence-corrected chi connectivity index (χ1v) is 9.40. The molecule has 24 heavy (non-hydrogen) atoms. The van der Waals surface area contributed by atoms with Crippen molar-refractivity contribution in [3.63, 3.8) is 0 Å². The molecule has 7 heteroatoms. The maximum absolute atomic E-state index is 11.3. The Morgan fingerprint density at radius 3 is 2.33 bits per heavy atom. The minimum absolute atomic E-state index is 0.0790. The molecule has 2 aromatic rings. The fourth-order valence-corrected chi connectivity index (χ4v) is 3.07. The summed E-state index contributed by atoms with van der Waals surface area (Å²) < 4.78 is 22.6. The Morgan fingerprint density at radius 2 is 1.75 bits per heavy atom. The van der Waals surface area contributed by atoms with Crippen LogP contribution in [0.2, 0.25) is 0 Å². The van der Waals surface area contributed by atoms with Crippen molar-refractivity contribution < 1.29 is 8.42 Å². The van der Waals surface area contributed by atoms with Gasteiger partial charge in [0.15, 0.2) is 5.11 Å². The second-order valence-electron chi connectivity index (χ2n) is 5.68. The summed E-state index contributed by atoms with van der Waals surface area (Å²) in [7, 11) is -3.68. The van der Waals surface area contributed by atoms with E-state index in [2.05, 4.69) is 10.6 Å². The molecule has 1 atom stereocenters. The van der Waals surface area contributed by atoms with Crippen molar-refractivity contribution in [2.75, 3.05) is 5.32 Å². The summed E-state index contributed by atoms with van der Waals surface area (Å²) >= 11 is 5.36. The Hall–Kier alpha value is -1.96. The van der Waals surface area contributed by atoms with Crippen molar-refractivity contribution >= 4 is 33.0 Å². The van der Waals surface area contributed by atoms with E-state index in [4.69, 9.17) is 17.4 Å². The molecule has 0 saturated carbocycles. The molecule has 0 aliphatic carbocycles. The maximum Gasteiger partial charge on any atom is 0.238 e. The van der Waals surface area contributed by atoms with Crippen LogP contribution >= 0.6 is 12.2 Å². The number of thiocarbonyl (C=S) groups is 1. The Morgan fingerprint density at radius 1 is 1.12 bits per heavy atom. The third-order valence-electron chi connectivity index (χ3n) is 3.91. The number of primary sulfonamides is 1. The first-order valence-electron chi connectivity index (χ1n) is 7.45. The van der Waals surface area contributed by atoms with Crippen LogP contribution < -0.4 is 15.8 Å². The molecule has 5 nitrogen and oxygen atoms in total.